The summed E-state index contributed by atoms with van der Waals surface area (Å²) in [6.07, 6.45) is -3.97. The van der Waals surface area contributed by atoms with E-state index in [0.29, 0.717) is 25.8 Å². The number of aliphatic hydroxyl groups is 1. The van der Waals surface area contributed by atoms with Crippen molar-refractivity contribution in [3.8, 4) is 0 Å². The van der Waals surface area contributed by atoms with Crippen LogP contribution in [0, 0.1) is 12.3 Å². The Balaban J connectivity index is 1.84. The highest BCUT2D eigenvalue weighted by Crippen LogP contribution is 2.47. The highest BCUT2D eigenvalue weighted by atomic mass is 32.1. The van der Waals surface area contributed by atoms with Crippen molar-refractivity contribution in [3.05, 3.63) is 52.0 Å². The molecule has 2 aromatic heterocycles. The fourth-order valence-corrected chi connectivity index (χ4v) is 4.83. The van der Waals surface area contributed by atoms with Crippen LogP contribution in [-0.2, 0) is 12.0 Å². The van der Waals surface area contributed by atoms with Crippen molar-refractivity contribution in [2.24, 2.45) is 5.41 Å². The van der Waals surface area contributed by atoms with E-state index in [1.807, 2.05) is 50.4 Å². The van der Waals surface area contributed by atoms with Crippen LogP contribution < -0.4 is 0 Å². The average molecular weight is 413 g/mol. The molecule has 154 valence electrons. The number of nitrogens with zero attached hydrogens (tertiary/aromatic N) is 2. The van der Waals surface area contributed by atoms with Gasteiger partial charge in [-0.15, -0.1) is 11.3 Å². The first-order valence-electron chi connectivity index (χ1n) is 9.50. The van der Waals surface area contributed by atoms with E-state index in [1.54, 1.807) is 17.5 Å². The SMILES string of the molecule is Cc1ccc(C(C)(C)N2CCC(CCc3cccs3)(C(O)C(F)(F)F)C2)cn1. The van der Waals surface area contributed by atoms with E-state index >= 15 is 0 Å². The summed E-state index contributed by atoms with van der Waals surface area (Å²) < 4.78 is 40.6. The first-order valence-corrected chi connectivity index (χ1v) is 10.4. The molecule has 0 bridgehead atoms. The highest BCUT2D eigenvalue weighted by molar-refractivity contribution is 7.09. The highest BCUT2D eigenvalue weighted by Gasteiger charge is 2.56. The fraction of sp³-hybridized carbons (Fsp3) is 0.571. The van der Waals surface area contributed by atoms with E-state index in [9.17, 15) is 18.3 Å². The van der Waals surface area contributed by atoms with Gasteiger partial charge in [0, 0.05) is 34.3 Å². The lowest BCUT2D eigenvalue weighted by molar-refractivity contribution is -0.239. The fourth-order valence-electron chi connectivity index (χ4n) is 4.12. The van der Waals surface area contributed by atoms with Gasteiger partial charge in [0.25, 0.3) is 0 Å². The molecule has 1 aliphatic rings. The summed E-state index contributed by atoms with van der Waals surface area (Å²) in [5, 5.41) is 12.2. The zero-order valence-electron chi connectivity index (χ0n) is 16.5. The van der Waals surface area contributed by atoms with E-state index in [2.05, 4.69) is 9.88 Å². The van der Waals surface area contributed by atoms with Gasteiger partial charge in [-0.2, -0.15) is 13.2 Å². The minimum absolute atomic E-state index is 0.208. The summed E-state index contributed by atoms with van der Waals surface area (Å²) in [4.78, 5) is 7.45. The second kappa shape index (κ2) is 7.76. The molecule has 2 aromatic rings. The topological polar surface area (TPSA) is 36.4 Å². The molecule has 7 heteroatoms. The Morgan fingerprint density at radius 1 is 1.29 bits per heavy atom. The van der Waals surface area contributed by atoms with Gasteiger partial charge in [-0.3, -0.25) is 9.88 Å². The second-order valence-corrected chi connectivity index (χ2v) is 9.34. The molecule has 0 saturated carbocycles. The number of aromatic nitrogens is 1. The van der Waals surface area contributed by atoms with Crippen LogP contribution in [0.1, 0.15) is 42.8 Å². The third-order valence-electron chi connectivity index (χ3n) is 6.13. The van der Waals surface area contributed by atoms with Gasteiger partial charge in [-0.1, -0.05) is 12.1 Å². The number of rotatable bonds is 6. The lowest BCUT2D eigenvalue weighted by Gasteiger charge is -2.40. The third kappa shape index (κ3) is 4.26. The van der Waals surface area contributed by atoms with Crippen molar-refractivity contribution >= 4 is 11.3 Å². The smallest absolute Gasteiger partial charge is 0.383 e. The molecule has 3 heterocycles. The van der Waals surface area contributed by atoms with Gasteiger partial charge in [0.05, 0.1) is 0 Å². The number of aryl methyl sites for hydroxylation is 2. The zero-order valence-corrected chi connectivity index (χ0v) is 17.3. The lowest BCUT2D eigenvalue weighted by atomic mass is 9.76. The van der Waals surface area contributed by atoms with Gasteiger partial charge in [0.2, 0.25) is 0 Å². The molecule has 0 spiro atoms. The molecule has 0 radical (unpaired) electrons. The molecule has 0 aromatic carbocycles. The van der Waals surface area contributed by atoms with E-state index in [1.165, 1.54) is 0 Å². The number of aliphatic hydroxyl groups excluding tert-OH is 1. The first-order chi connectivity index (χ1) is 13.0. The monoisotopic (exact) mass is 412 g/mol. The third-order valence-corrected chi connectivity index (χ3v) is 7.07. The largest absolute Gasteiger partial charge is 0.414 e. The summed E-state index contributed by atoms with van der Waals surface area (Å²) in [6, 6.07) is 7.74. The summed E-state index contributed by atoms with van der Waals surface area (Å²) in [7, 11) is 0. The minimum Gasteiger partial charge on any atom is -0.383 e. The Labute approximate surface area is 168 Å². The number of pyridine rings is 1. The summed E-state index contributed by atoms with van der Waals surface area (Å²) in [5.41, 5.74) is 0.210. The Bertz CT molecular complexity index is 774. The normalized spacial score (nSPS) is 22.5. The maximum absolute atomic E-state index is 13.5. The van der Waals surface area contributed by atoms with Crippen molar-refractivity contribution in [2.75, 3.05) is 13.1 Å². The van der Waals surface area contributed by atoms with Crippen LogP contribution >= 0.6 is 11.3 Å². The molecular weight excluding hydrogens is 385 g/mol. The molecule has 0 amide bonds. The Kier molecular flexibility index (Phi) is 5.90. The molecule has 2 atom stereocenters. The quantitative estimate of drug-likeness (QED) is 0.731. The number of alkyl halides is 3. The van der Waals surface area contributed by atoms with E-state index < -0.39 is 23.2 Å². The molecular formula is C21H27F3N2OS. The molecule has 1 N–H and O–H groups in total. The van der Waals surface area contributed by atoms with Gasteiger partial charge in [0.1, 0.15) is 0 Å². The van der Waals surface area contributed by atoms with Crippen LogP contribution in [0.2, 0.25) is 0 Å². The van der Waals surface area contributed by atoms with Gasteiger partial charge >= 0.3 is 6.18 Å². The molecule has 3 rings (SSSR count). The number of hydrogen-bond acceptors (Lipinski definition) is 4. The van der Waals surface area contributed by atoms with Crippen molar-refractivity contribution in [2.45, 2.75) is 57.9 Å². The van der Waals surface area contributed by atoms with Crippen LogP contribution in [0.3, 0.4) is 0 Å². The summed E-state index contributed by atoms with van der Waals surface area (Å²) in [6.45, 7) is 6.64. The number of likely N-dealkylation sites (tertiary alicyclic amines) is 1. The lowest BCUT2D eigenvalue weighted by Crippen LogP contribution is -2.49. The molecule has 2 unspecified atom stereocenters. The predicted molar refractivity (Wildman–Crippen MR) is 105 cm³/mol. The average Bonchev–Trinajstić information content (AvgIpc) is 3.30. The Hall–Kier alpha value is -1.44. The van der Waals surface area contributed by atoms with Crippen LogP contribution in [0.4, 0.5) is 13.2 Å². The van der Waals surface area contributed by atoms with Crippen LogP contribution in [0.5, 0.6) is 0 Å². The van der Waals surface area contributed by atoms with Crippen LogP contribution in [0.25, 0.3) is 0 Å². The standard InChI is InChI=1S/C21H27F3N2OS/c1-15-6-7-16(13-25-15)19(2,3)26-11-10-20(14-26,18(27)21(22,23)24)9-8-17-5-4-12-28-17/h4-7,12-13,18,27H,8-11,14H2,1-3H3. The molecule has 1 saturated heterocycles. The molecule has 28 heavy (non-hydrogen) atoms. The number of hydrogen-bond donors (Lipinski definition) is 1. The molecule has 1 aliphatic heterocycles. The summed E-state index contributed by atoms with van der Waals surface area (Å²) in [5.74, 6) is 0. The van der Waals surface area contributed by atoms with Crippen LogP contribution in [-0.4, -0.2) is 40.4 Å². The van der Waals surface area contributed by atoms with Crippen molar-refractivity contribution < 1.29 is 18.3 Å². The maximum Gasteiger partial charge on any atom is 0.414 e. The molecule has 1 fully saturated rings. The predicted octanol–water partition coefficient (Wildman–Crippen LogP) is 4.93. The van der Waals surface area contributed by atoms with Gasteiger partial charge in [-0.25, -0.2) is 0 Å². The number of halogens is 3. The van der Waals surface area contributed by atoms with Gasteiger partial charge in [0.15, 0.2) is 6.10 Å². The number of thiophene rings is 1. The summed E-state index contributed by atoms with van der Waals surface area (Å²) >= 11 is 1.54. The Morgan fingerprint density at radius 2 is 2.04 bits per heavy atom. The maximum atomic E-state index is 13.5. The van der Waals surface area contributed by atoms with E-state index in [-0.39, 0.29) is 6.54 Å². The van der Waals surface area contributed by atoms with Crippen molar-refractivity contribution in [1.29, 1.82) is 0 Å². The minimum atomic E-state index is -4.62. The van der Waals surface area contributed by atoms with Crippen LogP contribution in [0.15, 0.2) is 35.8 Å². The zero-order chi connectivity index (χ0) is 20.6. The molecule has 0 aliphatic carbocycles. The first kappa shape index (κ1) is 21.3. The van der Waals surface area contributed by atoms with E-state index in [4.69, 9.17) is 0 Å². The van der Waals surface area contributed by atoms with Crippen molar-refractivity contribution in [1.82, 2.24) is 9.88 Å². The van der Waals surface area contributed by atoms with Crippen molar-refractivity contribution in [3.63, 3.8) is 0 Å². The van der Waals surface area contributed by atoms with Gasteiger partial charge in [-0.05, 0) is 69.7 Å². The second-order valence-electron chi connectivity index (χ2n) is 8.30. The van der Waals surface area contributed by atoms with E-state index in [0.717, 1.165) is 16.1 Å². The Morgan fingerprint density at radius 3 is 2.61 bits per heavy atom. The van der Waals surface area contributed by atoms with Gasteiger partial charge < -0.3 is 5.11 Å². The molecule has 3 nitrogen and oxygen atoms in total.